The van der Waals surface area contributed by atoms with Crippen LogP contribution in [0.1, 0.15) is 27.7 Å². The Bertz CT molecular complexity index is 680. The molecule has 1 heterocycles. The molecule has 1 aliphatic rings. The van der Waals surface area contributed by atoms with E-state index < -0.39 is 35.6 Å². The minimum Gasteiger partial charge on any atom is -0.399 e. The number of nitriles is 1. The molecule has 0 bridgehead atoms. The molecule has 0 radical (unpaired) electrons. The zero-order valence-corrected chi connectivity index (χ0v) is 14.9. The molecule has 0 unspecified atom stereocenters. The Morgan fingerprint density at radius 3 is 2.12 bits per heavy atom. The van der Waals surface area contributed by atoms with Crippen molar-refractivity contribution in [3.05, 3.63) is 23.8 Å². The maximum Gasteiger partial charge on any atom is 0.495 e. The molecule has 128 valence electrons. The second-order valence-corrected chi connectivity index (χ2v) is 7.07. The van der Waals surface area contributed by atoms with E-state index in [4.69, 9.17) is 14.6 Å². The van der Waals surface area contributed by atoms with Crippen LogP contribution in [0.4, 0.5) is 14.5 Å². The summed E-state index contributed by atoms with van der Waals surface area (Å²) in [4.78, 5) is 3.81. The SMILES string of the molecule is CSC(=Nc1c(F)cc(B2OC(C)(C)C(C)(C)O2)cc1F)NC#N. The van der Waals surface area contributed by atoms with E-state index in [9.17, 15) is 8.78 Å². The van der Waals surface area contributed by atoms with Crippen LogP contribution in [0, 0.1) is 23.1 Å². The second-order valence-electron chi connectivity index (χ2n) is 6.28. The molecule has 1 saturated heterocycles. The van der Waals surface area contributed by atoms with Gasteiger partial charge in [0.25, 0.3) is 0 Å². The van der Waals surface area contributed by atoms with Gasteiger partial charge in [0.15, 0.2) is 23.0 Å². The molecular weight excluding hydrogens is 335 g/mol. The molecule has 0 aromatic heterocycles. The molecule has 0 spiro atoms. The van der Waals surface area contributed by atoms with Crippen LogP contribution in [0.15, 0.2) is 17.1 Å². The van der Waals surface area contributed by atoms with Gasteiger partial charge in [0.1, 0.15) is 5.69 Å². The van der Waals surface area contributed by atoms with Crippen molar-refractivity contribution >= 4 is 35.2 Å². The van der Waals surface area contributed by atoms with Gasteiger partial charge in [-0.05, 0) is 51.5 Å². The Hall–Kier alpha value is -1.63. The van der Waals surface area contributed by atoms with Gasteiger partial charge in [-0.25, -0.2) is 13.8 Å². The van der Waals surface area contributed by atoms with E-state index in [1.165, 1.54) is 0 Å². The van der Waals surface area contributed by atoms with Crippen molar-refractivity contribution in [3.8, 4) is 6.19 Å². The summed E-state index contributed by atoms with van der Waals surface area (Å²) >= 11 is 1.07. The van der Waals surface area contributed by atoms with Crippen LogP contribution in [0.25, 0.3) is 0 Å². The Balaban J connectivity index is 2.36. The Labute approximate surface area is 144 Å². The summed E-state index contributed by atoms with van der Waals surface area (Å²) < 4.78 is 40.2. The molecule has 2 rings (SSSR count). The van der Waals surface area contributed by atoms with Crippen molar-refractivity contribution in [1.82, 2.24) is 5.32 Å². The summed E-state index contributed by atoms with van der Waals surface area (Å²) in [6.45, 7) is 7.43. The standard InChI is InChI=1S/C15H18BF2N3O2S/c1-14(2)15(3,4)23-16(22-14)9-6-10(17)12(11(18)7-9)21-13(24-5)20-8-19/h6-7H,1-5H3,(H,20,21). The highest BCUT2D eigenvalue weighted by molar-refractivity contribution is 8.13. The zero-order chi connectivity index (χ0) is 18.1. The number of halogens is 2. The molecule has 1 aliphatic heterocycles. The topological polar surface area (TPSA) is 66.6 Å². The molecule has 24 heavy (non-hydrogen) atoms. The number of hydrogen-bond donors (Lipinski definition) is 1. The van der Waals surface area contributed by atoms with Crippen molar-refractivity contribution in [2.45, 2.75) is 38.9 Å². The summed E-state index contributed by atoms with van der Waals surface area (Å²) in [5.74, 6) is -1.71. The first-order valence-corrected chi connectivity index (χ1v) is 8.46. The number of hydrogen-bond acceptors (Lipinski definition) is 5. The van der Waals surface area contributed by atoms with Crippen molar-refractivity contribution in [1.29, 1.82) is 5.26 Å². The number of benzene rings is 1. The fourth-order valence-electron chi connectivity index (χ4n) is 2.08. The lowest BCUT2D eigenvalue weighted by molar-refractivity contribution is 0.00578. The summed E-state index contributed by atoms with van der Waals surface area (Å²) in [6, 6.07) is 2.27. The summed E-state index contributed by atoms with van der Waals surface area (Å²) in [5.41, 5.74) is -1.45. The third-order valence-electron chi connectivity index (χ3n) is 4.13. The highest BCUT2D eigenvalue weighted by Crippen LogP contribution is 2.36. The fourth-order valence-corrected chi connectivity index (χ4v) is 2.41. The number of amidine groups is 1. The molecule has 1 fully saturated rings. The largest absolute Gasteiger partial charge is 0.495 e. The van der Waals surface area contributed by atoms with Gasteiger partial charge in [0.05, 0.1) is 11.2 Å². The average Bonchev–Trinajstić information content (AvgIpc) is 2.70. The van der Waals surface area contributed by atoms with Gasteiger partial charge in [0.2, 0.25) is 0 Å². The van der Waals surface area contributed by atoms with E-state index in [-0.39, 0.29) is 10.6 Å². The third-order valence-corrected chi connectivity index (χ3v) is 4.71. The van der Waals surface area contributed by atoms with Crippen LogP contribution >= 0.6 is 11.8 Å². The Morgan fingerprint density at radius 1 is 1.21 bits per heavy atom. The smallest absolute Gasteiger partial charge is 0.399 e. The van der Waals surface area contributed by atoms with E-state index in [0.29, 0.717) is 0 Å². The van der Waals surface area contributed by atoms with E-state index >= 15 is 0 Å². The van der Waals surface area contributed by atoms with E-state index in [1.807, 2.05) is 27.7 Å². The second kappa shape index (κ2) is 6.71. The molecule has 0 aliphatic carbocycles. The van der Waals surface area contributed by atoms with Crippen LogP contribution in [0.2, 0.25) is 0 Å². The van der Waals surface area contributed by atoms with Crippen LogP contribution in [-0.4, -0.2) is 29.7 Å². The molecule has 5 nitrogen and oxygen atoms in total. The summed E-state index contributed by atoms with van der Waals surface area (Å²) in [5, 5.41) is 11.0. The van der Waals surface area contributed by atoms with Crippen molar-refractivity contribution in [2.24, 2.45) is 4.99 Å². The zero-order valence-electron chi connectivity index (χ0n) is 14.1. The van der Waals surface area contributed by atoms with E-state index in [0.717, 1.165) is 23.9 Å². The van der Waals surface area contributed by atoms with Gasteiger partial charge in [-0.2, -0.15) is 5.26 Å². The van der Waals surface area contributed by atoms with Gasteiger partial charge in [0, 0.05) is 0 Å². The first kappa shape index (κ1) is 18.7. The van der Waals surface area contributed by atoms with E-state index in [2.05, 4.69) is 10.3 Å². The maximum absolute atomic E-state index is 14.3. The van der Waals surface area contributed by atoms with E-state index in [1.54, 1.807) is 12.4 Å². The van der Waals surface area contributed by atoms with Crippen molar-refractivity contribution in [3.63, 3.8) is 0 Å². The van der Waals surface area contributed by atoms with Gasteiger partial charge in [-0.15, -0.1) is 0 Å². The fraction of sp³-hybridized carbons (Fsp3) is 0.467. The first-order chi connectivity index (χ1) is 11.1. The van der Waals surface area contributed by atoms with Crippen LogP contribution in [0.3, 0.4) is 0 Å². The van der Waals surface area contributed by atoms with Gasteiger partial charge in [-0.3, -0.25) is 5.32 Å². The predicted octanol–water partition coefficient (Wildman–Crippen LogP) is 2.69. The Morgan fingerprint density at radius 2 is 1.71 bits per heavy atom. The third kappa shape index (κ3) is 3.56. The molecule has 0 atom stereocenters. The highest BCUT2D eigenvalue weighted by atomic mass is 32.2. The molecular formula is C15H18BF2N3O2S. The summed E-state index contributed by atoms with van der Waals surface area (Å²) in [6.07, 6.45) is 3.30. The van der Waals surface area contributed by atoms with Crippen molar-refractivity contribution < 1.29 is 18.1 Å². The number of nitrogens with zero attached hydrogens (tertiary/aromatic N) is 2. The first-order valence-electron chi connectivity index (χ1n) is 7.23. The van der Waals surface area contributed by atoms with Gasteiger partial charge in [-0.1, -0.05) is 11.8 Å². The van der Waals surface area contributed by atoms with Crippen molar-refractivity contribution in [2.75, 3.05) is 6.26 Å². The molecule has 0 amide bonds. The average molecular weight is 353 g/mol. The number of nitrogens with one attached hydrogen (secondary N) is 1. The molecule has 1 aromatic carbocycles. The highest BCUT2D eigenvalue weighted by Gasteiger charge is 2.52. The summed E-state index contributed by atoms with van der Waals surface area (Å²) in [7, 11) is -0.866. The predicted molar refractivity (Wildman–Crippen MR) is 91.4 cm³/mol. The van der Waals surface area contributed by atoms with Gasteiger partial charge >= 0.3 is 7.12 Å². The number of thioether (sulfide) groups is 1. The van der Waals surface area contributed by atoms with Gasteiger partial charge < -0.3 is 9.31 Å². The lowest BCUT2D eigenvalue weighted by atomic mass is 9.79. The lowest BCUT2D eigenvalue weighted by Crippen LogP contribution is -2.41. The minimum atomic E-state index is -0.866. The number of rotatable bonds is 2. The lowest BCUT2D eigenvalue weighted by Gasteiger charge is -2.32. The normalized spacial score (nSPS) is 19.2. The van der Waals surface area contributed by atoms with Crippen LogP contribution in [0.5, 0.6) is 0 Å². The molecule has 0 saturated carbocycles. The Kier molecular flexibility index (Phi) is 5.23. The maximum atomic E-state index is 14.3. The number of aliphatic imine (C=N–C) groups is 1. The minimum absolute atomic E-state index is 0.0960. The molecule has 1 N–H and O–H groups in total. The molecule has 1 aromatic rings. The van der Waals surface area contributed by atoms with Crippen LogP contribution < -0.4 is 10.8 Å². The quantitative estimate of drug-likeness (QED) is 0.291. The molecule has 9 heteroatoms. The monoisotopic (exact) mass is 353 g/mol. The van der Waals surface area contributed by atoms with Crippen LogP contribution in [-0.2, 0) is 9.31 Å².